The average Bonchev–Trinajstić information content (AvgIpc) is 2.84. The highest BCUT2D eigenvalue weighted by Crippen LogP contribution is 2.32. The number of nitrogens with zero attached hydrogens (tertiary/aromatic N) is 4. The second kappa shape index (κ2) is 5.16. The predicted octanol–water partition coefficient (Wildman–Crippen LogP) is 2.55. The Hall–Kier alpha value is -2.63. The van der Waals surface area contributed by atoms with Crippen molar-refractivity contribution in [2.24, 2.45) is 7.05 Å². The van der Waals surface area contributed by atoms with E-state index in [1.807, 2.05) is 38.2 Å². The molecule has 0 fully saturated rings. The van der Waals surface area contributed by atoms with Gasteiger partial charge in [0.15, 0.2) is 17.1 Å². The summed E-state index contributed by atoms with van der Waals surface area (Å²) in [5, 5.41) is 4.92. The molecule has 0 aliphatic rings. The molecule has 0 aliphatic carbocycles. The van der Waals surface area contributed by atoms with E-state index in [4.69, 9.17) is 9.47 Å². The lowest BCUT2D eigenvalue weighted by atomic mass is 10.3. The largest absolute Gasteiger partial charge is 0.490 e. The molecule has 0 saturated carbocycles. The Morgan fingerprint density at radius 3 is 2.75 bits per heavy atom. The first-order valence-electron chi connectivity index (χ1n) is 6.32. The number of para-hydroxylation sites is 2. The van der Waals surface area contributed by atoms with Gasteiger partial charge in [-0.05, 0) is 19.1 Å². The summed E-state index contributed by atoms with van der Waals surface area (Å²) in [5.41, 5.74) is 0.726. The molecule has 0 radical (unpaired) electrons. The van der Waals surface area contributed by atoms with Crippen LogP contribution in [0.2, 0.25) is 0 Å². The first-order valence-corrected chi connectivity index (χ1v) is 6.32. The fourth-order valence-corrected chi connectivity index (χ4v) is 1.94. The van der Waals surface area contributed by atoms with Crippen molar-refractivity contribution in [3.63, 3.8) is 0 Å². The van der Waals surface area contributed by atoms with Crippen LogP contribution < -0.4 is 9.47 Å². The molecule has 2 aromatic heterocycles. The molecule has 2 heterocycles. The minimum Gasteiger partial charge on any atom is -0.490 e. The van der Waals surface area contributed by atoms with Crippen LogP contribution in [0.5, 0.6) is 17.4 Å². The lowest BCUT2D eigenvalue weighted by Crippen LogP contribution is -1.97. The molecule has 3 rings (SSSR count). The van der Waals surface area contributed by atoms with E-state index in [1.165, 1.54) is 6.33 Å². The number of benzene rings is 1. The molecular formula is C14H14N4O2. The van der Waals surface area contributed by atoms with E-state index in [1.54, 1.807) is 10.9 Å². The van der Waals surface area contributed by atoms with Crippen LogP contribution in [-0.2, 0) is 7.05 Å². The lowest BCUT2D eigenvalue weighted by molar-refractivity contribution is 0.320. The van der Waals surface area contributed by atoms with Crippen LogP contribution in [0, 0.1) is 0 Å². The first kappa shape index (κ1) is 12.4. The highest BCUT2D eigenvalue weighted by molar-refractivity contribution is 5.80. The van der Waals surface area contributed by atoms with Gasteiger partial charge in [0.1, 0.15) is 11.7 Å². The van der Waals surface area contributed by atoms with E-state index < -0.39 is 0 Å². The van der Waals surface area contributed by atoms with Crippen LogP contribution in [0.15, 0.2) is 36.8 Å². The molecule has 0 saturated heterocycles. The van der Waals surface area contributed by atoms with Crippen LogP contribution in [0.4, 0.5) is 0 Å². The normalized spacial score (nSPS) is 10.7. The summed E-state index contributed by atoms with van der Waals surface area (Å²) in [4.78, 5) is 8.35. The molecule has 20 heavy (non-hydrogen) atoms. The standard InChI is InChI=1S/C14H14N4O2/c1-3-19-11-6-4-5-7-12(11)20-14-10-8-17-18(2)13(10)15-9-16-14/h4-9H,3H2,1-2H3. The number of rotatable bonds is 4. The van der Waals surface area contributed by atoms with Gasteiger partial charge in [0.2, 0.25) is 5.88 Å². The van der Waals surface area contributed by atoms with Crippen LogP contribution in [0.25, 0.3) is 11.0 Å². The van der Waals surface area contributed by atoms with Crippen LogP contribution in [-0.4, -0.2) is 26.4 Å². The van der Waals surface area contributed by atoms with Crippen molar-refractivity contribution in [1.29, 1.82) is 0 Å². The number of aryl methyl sites for hydroxylation is 1. The topological polar surface area (TPSA) is 62.1 Å². The van der Waals surface area contributed by atoms with Crippen molar-refractivity contribution in [2.45, 2.75) is 6.92 Å². The minimum absolute atomic E-state index is 0.468. The number of ether oxygens (including phenoxy) is 2. The van der Waals surface area contributed by atoms with Gasteiger partial charge in [-0.25, -0.2) is 9.97 Å². The molecule has 0 spiro atoms. The molecule has 0 N–H and O–H groups in total. The van der Waals surface area contributed by atoms with Gasteiger partial charge in [0, 0.05) is 7.05 Å². The van der Waals surface area contributed by atoms with Crippen molar-refractivity contribution >= 4 is 11.0 Å². The number of hydrogen-bond acceptors (Lipinski definition) is 5. The predicted molar refractivity (Wildman–Crippen MR) is 74.0 cm³/mol. The van der Waals surface area contributed by atoms with E-state index >= 15 is 0 Å². The Kier molecular flexibility index (Phi) is 3.20. The maximum absolute atomic E-state index is 5.86. The Morgan fingerprint density at radius 1 is 1.15 bits per heavy atom. The fraction of sp³-hybridized carbons (Fsp3) is 0.214. The third kappa shape index (κ3) is 2.16. The van der Waals surface area contributed by atoms with Crippen LogP contribution in [0.1, 0.15) is 6.92 Å². The highest BCUT2D eigenvalue weighted by Gasteiger charge is 2.12. The fourth-order valence-electron chi connectivity index (χ4n) is 1.94. The van der Waals surface area contributed by atoms with Crippen molar-refractivity contribution < 1.29 is 9.47 Å². The Morgan fingerprint density at radius 2 is 1.95 bits per heavy atom. The summed E-state index contributed by atoms with van der Waals surface area (Å²) < 4.78 is 13.1. The van der Waals surface area contributed by atoms with Gasteiger partial charge in [0.05, 0.1) is 12.8 Å². The summed E-state index contributed by atoms with van der Waals surface area (Å²) in [7, 11) is 1.83. The molecular weight excluding hydrogens is 256 g/mol. The van der Waals surface area contributed by atoms with Crippen molar-refractivity contribution in [3.05, 3.63) is 36.8 Å². The number of fused-ring (bicyclic) bond motifs is 1. The van der Waals surface area contributed by atoms with E-state index in [0.717, 1.165) is 11.0 Å². The van der Waals surface area contributed by atoms with E-state index in [2.05, 4.69) is 15.1 Å². The van der Waals surface area contributed by atoms with Gasteiger partial charge in [0.25, 0.3) is 0 Å². The van der Waals surface area contributed by atoms with Gasteiger partial charge in [-0.1, -0.05) is 12.1 Å². The Balaban J connectivity index is 2.01. The zero-order valence-corrected chi connectivity index (χ0v) is 11.3. The van der Waals surface area contributed by atoms with Gasteiger partial charge in [-0.15, -0.1) is 0 Å². The third-order valence-corrected chi connectivity index (χ3v) is 2.85. The first-order chi connectivity index (χ1) is 9.79. The molecule has 3 aromatic rings. The quantitative estimate of drug-likeness (QED) is 0.729. The lowest BCUT2D eigenvalue weighted by Gasteiger charge is -2.10. The molecule has 6 nitrogen and oxygen atoms in total. The minimum atomic E-state index is 0.468. The van der Waals surface area contributed by atoms with Gasteiger partial charge < -0.3 is 9.47 Å². The summed E-state index contributed by atoms with van der Waals surface area (Å²) in [6.07, 6.45) is 3.15. The monoisotopic (exact) mass is 270 g/mol. The van der Waals surface area contributed by atoms with Gasteiger partial charge in [-0.2, -0.15) is 5.10 Å². The van der Waals surface area contributed by atoms with Gasteiger partial charge >= 0.3 is 0 Å². The highest BCUT2D eigenvalue weighted by atomic mass is 16.5. The van der Waals surface area contributed by atoms with E-state index in [-0.39, 0.29) is 0 Å². The summed E-state index contributed by atoms with van der Waals surface area (Å²) in [6.45, 7) is 2.51. The molecule has 0 bridgehead atoms. The van der Waals surface area contributed by atoms with Crippen molar-refractivity contribution in [1.82, 2.24) is 19.7 Å². The van der Waals surface area contributed by atoms with E-state index in [9.17, 15) is 0 Å². The molecule has 6 heteroatoms. The zero-order chi connectivity index (χ0) is 13.9. The second-order valence-corrected chi connectivity index (χ2v) is 4.17. The maximum atomic E-state index is 5.86. The molecule has 0 amide bonds. The van der Waals surface area contributed by atoms with Gasteiger partial charge in [-0.3, -0.25) is 4.68 Å². The molecule has 0 atom stereocenters. The molecule has 0 unspecified atom stereocenters. The third-order valence-electron chi connectivity index (χ3n) is 2.85. The smallest absolute Gasteiger partial charge is 0.233 e. The number of hydrogen-bond donors (Lipinski definition) is 0. The van der Waals surface area contributed by atoms with Crippen LogP contribution >= 0.6 is 0 Å². The molecule has 1 aromatic carbocycles. The summed E-state index contributed by atoms with van der Waals surface area (Å²) in [5.74, 6) is 1.78. The molecule has 102 valence electrons. The zero-order valence-electron chi connectivity index (χ0n) is 11.3. The Bertz CT molecular complexity index is 739. The van der Waals surface area contributed by atoms with Crippen molar-refractivity contribution in [2.75, 3.05) is 6.61 Å². The SMILES string of the molecule is CCOc1ccccc1Oc1ncnc2c1cnn2C. The summed E-state index contributed by atoms with van der Waals surface area (Å²) in [6, 6.07) is 7.49. The number of aromatic nitrogens is 4. The molecule has 0 aliphatic heterocycles. The maximum Gasteiger partial charge on any atom is 0.233 e. The van der Waals surface area contributed by atoms with E-state index in [0.29, 0.717) is 24.0 Å². The second-order valence-electron chi connectivity index (χ2n) is 4.17. The van der Waals surface area contributed by atoms with Crippen molar-refractivity contribution in [3.8, 4) is 17.4 Å². The van der Waals surface area contributed by atoms with Crippen LogP contribution in [0.3, 0.4) is 0 Å². The summed E-state index contributed by atoms with van der Waals surface area (Å²) >= 11 is 0. The average molecular weight is 270 g/mol. The Labute approximate surface area is 116 Å².